The van der Waals surface area contributed by atoms with Crippen LogP contribution >= 0.6 is 0 Å². The Balaban J connectivity index is 1.19. The van der Waals surface area contributed by atoms with E-state index in [1.54, 1.807) is 12.1 Å². The van der Waals surface area contributed by atoms with Gasteiger partial charge in [0.15, 0.2) is 0 Å². The van der Waals surface area contributed by atoms with Crippen molar-refractivity contribution in [2.75, 3.05) is 39.3 Å². The van der Waals surface area contributed by atoms with Gasteiger partial charge in [-0.05, 0) is 12.1 Å². The van der Waals surface area contributed by atoms with Crippen molar-refractivity contribution >= 4 is 5.91 Å². The lowest BCUT2D eigenvalue weighted by molar-refractivity contribution is -0.133. The molecule has 0 unspecified atom stereocenters. The summed E-state index contributed by atoms with van der Waals surface area (Å²) in [6, 6.07) is 14.7. The van der Waals surface area contributed by atoms with Crippen LogP contribution in [-0.4, -0.2) is 69.4 Å². The molecule has 1 saturated heterocycles. The summed E-state index contributed by atoms with van der Waals surface area (Å²) in [5, 5.41) is 0. The topological polar surface area (TPSA) is 53.8 Å². The molecule has 0 aliphatic carbocycles. The van der Waals surface area contributed by atoms with E-state index in [0.29, 0.717) is 31.6 Å². The Morgan fingerprint density at radius 3 is 2.60 bits per heavy atom. The number of carbonyl (C=O) groups is 1. The van der Waals surface area contributed by atoms with Gasteiger partial charge in [-0.2, -0.15) is 0 Å². The number of carbonyl (C=O) groups excluding carboxylic acids is 1. The molecule has 1 atom stereocenters. The first-order valence-electron chi connectivity index (χ1n) is 12.2. The van der Waals surface area contributed by atoms with Crippen molar-refractivity contribution in [2.24, 2.45) is 7.05 Å². The van der Waals surface area contributed by atoms with Crippen LogP contribution in [0, 0.1) is 5.82 Å². The van der Waals surface area contributed by atoms with E-state index in [0.717, 1.165) is 49.9 Å². The van der Waals surface area contributed by atoms with Gasteiger partial charge in [-0.1, -0.05) is 36.4 Å². The number of piperazine rings is 1. The minimum absolute atomic E-state index is 0.169. The fourth-order valence-corrected chi connectivity index (χ4v) is 4.86. The molecule has 5 rings (SSSR count). The average molecular weight is 478 g/mol. The lowest BCUT2D eigenvalue weighted by Gasteiger charge is -2.35. The first-order valence-corrected chi connectivity index (χ1v) is 12.2. The van der Waals surface area contributed by atoms with Crippen LogP contribution < -0.4 is 4.74 Å². The van der Waals surface area contributed by atoms with Gasteiger partial charge >= 0.3 is 0 Å². The summed E-state index contributed by atoms with van der Waals surface area (Å²) < 4.78 is 22.9. The van der Waals surface area contributed by atoms with Crippen molar-refractivity contribution in [1.82, 2.24) is 24.3 Å². The van der Waals surface area contributed by atoms with Gasteiger partial charge in [0.25, 0.3) is 0 Å². The van der Waals surface area contributed by atoms with Crippen molar-refractivity contribution in [3.8, 4) is 5.75 Å². The number of aromatic nitrogens is 2. The molecule has 1 fully saturated rings. The number of para-hydroxylation sites is 1. The Bertz CT molecular complexity index is 1160. The highest BCUT2D eigenvalue weighted by Crippen LogP contribution is 2.32. The molecule has 2 aliphatic rings. The monoisotopic (exact) mass is 477 g/mol. The number of hydrogen-bond acceptors (Lipinski definition) is 5. The van der Waals surface area contributed by atoms with E-state index in [1.807, 2.05) is 59.2 Å². The number of benzene rings is 2. The van der Waals surface area contributed by atoms with Crippen LogP contribution in [0.25, 0.3) is 0 Å². The predicted molar refractivity (Wildman–Crippen MR) is 131 cm³/mol. The minimum atomic E-state index is -0.426. The molecular formula is C27H32FN5O2. The number of nitrogens with zero attached hydrogens (tertiary/aromatic N) is 5. The molecular weight excluding hydrogens is 445 g/mol. The van der Waals surface area contributed by atoms with Crippen molar-refractivity contribution in [3.05, 3.63) is 83.7 Å². The molecule has 2 aromatic carbocycles. The van der Waals surface area contributed by atoms with Crippen molar-refractivity contribution < 1.29 is 13.9 Å². The quantitative estimate of drug-likeness (QED) is 0.546. The normalized spacial score (nSPS) is 19.1. The molecule has 35 heavy (non-hydrogen) atoms. The van der Waals surface area contributed by atoms with E-state index in [9.17, 15) is 9.18 Å². The van der Waals surface area contributed by atoms with E-state index < -0.39 is 6.10 Å². The zero-order valence-electron chi connectivity index (χ0n) is 20.1. The molecule has 0 spiro atoms. The highest BCUT2D eigenvalue weighted by atomic mass is 19.1. The SMILES string of the molecule is Cn1ccnc1CN1CCN(C(=O)CCN2Cc3ccccc3O[C@@H](c3ccccc3F)C2)CC1. The molecule has 0 N–H and O–H groups in total. The van der Waals surface area contributed by atoms with Gasteiger partial charge in [0.1, 0.15) is 23.5 Å². The maximum absolute atomic E-state index is 14.6. The number of aryl methyl sites for hydroxylation is 1. The zero-order valence-corrected chi connectivity index (χ0v) is 20.1. The molecule has 0 saturated carbocycles. The molecule has 7 nitrogen and oxygen atoms in total. The molecule has 184 valence electrons. The fourth-order valence-electron chi connectivity index (χ4n) is 4.86. The lowest BCUT2D eigenvalue weighted by Crippen LogP contribution is -2.49. The fraction of sp³-hybridized carbons (Fsp3) is 0.407. The number of rotatable bonds is 6. The third-order valence-electron chi connectivity index (χ3n) is 6.96. The third kappa shape index (κ3) is 5.55. The van der Waals surface area contributed by atoms with E-state index in [4.69, 9.17) is 4.74 Å². The lowest BCUT2D eigenvalue weighted by atomic mass is 10.1. The molecule has 2 aliphatic heterocycles. The maximum atomic E-state index is 14.6. The van der Waals surface area contributed by atoms with Gasteiger partial charge in [-0.3, -0.25) is 14.6 Å². The Morgan fingerprint density at radius 1 is 1.06 bits per heavy atom. The molecule has 8 heteroatoms. The zero-order chi connectivity index (χ0) is 24.2. The van der Waals surface area contributed by atoms with Crippen LogP contribution in [0.3, 0.4) is 0 Å². The molecule has 0 bridgehead atoms. The largest absolute Gasteiger partial charge is 0.484 e. The summed E-state index contributed by atoms with van der Waals surface area (Å²) in [5.74, 6) is 1.72. The van der Waals surface area contributed by atoms with E-state index in [1.165, 1.54) is 6.07 Å². The van der Waals surface area contributed by atoms with Crippen LogP contribution in [0.1, 0.15) is 29.5 Å². The Kier molecular flexibility index (Phi) is 7.11. The van der Waals surface area contributed by atoms with E-state index in [-0.39, 0.29) is 11.7 Å². The van der Waals surface area contributed by atoms with Gasteiger partial charge in [0.2, 0.25) is 5.91 Å². The van der Waals surface area contributed by atoms with Crippen molar-refractivity contribution in [3.63, 3.8) is 0 Å². The second-order valence-corrected chi connectivity index (χ2v) is 9.33. The second-order valence-electron chi connectivity index (χ2n) is 9.33. The first-order chi connectivity index (χ1) is 17.1. The van der Waals surface area contributed by atoms with Crippen LogP contribution in [0.5, 0.6) is 5.75 Å². The van der Waals surface area contributed by atoms with E-state index in [2.05, 4.69) is 14.8 Å². The molecule has 3 heterocycles. The maximum Gasteiger partial charge on any atom is 0.223 e. The summed E-state index contributed by atoms with van der Waals surface area (Å²) in [6.45, 7) is 5.76. The minimum Gasteiger partial charge on any atom is -0.484 e. The van der Waals surface area contributed by atoms with Gasteiger partial charge in [0.05, 0.1) is 6.54 Å². The van der Waals surface area contributed by atoms with Crippen molar-refractivity contribution in [1.29, 1.82) is 0 Å². The molecule has 1 amide bonds. The van der Waals surface area contributed by atoms with Gasteiger partial charge < -0.3 is 14.2 Å². The Hall–Kier alpha value is -3.23. The molecule has 3 aromatic rings. The van der Waals surface area contributed by atoms with Crippen LogP contribution in [0.15, 0.2) is 60.9 Å². The Morgan fingerprint density at radius 2 is 1.83 bits per heavy atom. The summed E-state index contributed by atoms with van der Waals surface area (Å²) >= 11 is 0. The summed E-state index contributed by atoms with van der Waals surface area (Å²) in [7, 11) is 2.01. The van der Waals surface area contributed by atoms with Crippen LogP contribution in [0.2, 0.25) is 0 Å². The van der Waals surface area contributed by atoms with Gasteiger partial charge in [-0.15, -0.1) is 0 Å². The van der Waals surface area contributed by atoms with Crippen LogP contribution in [-0.2, 0) is 24.9 Å². The Labute approximate surface area is 205 Å². The highest BCUT2D eigenvalue weighted by Gasteiger charge is 2.27. The van der Waals surface area contributed by atoms with Gasteiger partial charge in [0, 0.05) is 82.8 Å². The second kappa shape index (κ2) is 10.6. The van der Waals surface area contributed by atoms with Crippen molar-refractivity contribution in [2.45, 2.75) is 25.6 Å². The number of amides is 1. The number of halogens is 1. The number of ether oxygens (including phenoxy) is 1. The average Bonchev–Trinajstić information content (AvgIpc) is 3.17. The number of imidazole rings is 1. The first kappa shape index (κ1) is 23.5. The molecule has 1 aromatic heterocycles. The summed E-state index contributed by atoms with van der Waals surface area (Å²) in [5.41, 5.74) is 1.60. The van der Waals surface area contributed by atoms with E-state index >= 15 is 0 Å². The number of hydrogen-bond donors (Lipinski definition) is 0. The van der Waals surface area contributed by atoms with Gasteiger partial charge in [-0.25, -0.2) is 9.37 Å². The number of fused-ring (bicyclic) bond motifs is 1. The summed E-state index contributed by atoms with van der Waals surface area (Å²) in [6.07, 6.45) is 3.78. The highest BCUT2D eigenvalue weighted by molar-refractivity contribution is 5.76. The third-order valence-corrected chi connectivity index (χ3v) is 6.96. The standard InChI is InChI=1S/C27H32FN5O2/c1-30-13-11-29-26(30)20-31-14-16-33(17-15-31)27(34)10-12-32-18-21-6-2-5-9-24(21)35-25(19-32)22-7-3-4-8-23(22)28/h2-9,11,13,25H,10,12,14-20H2,1H3/t25-/m1/s1. The summed E-state index contributed by atoms with van der Waals surface area (Å²) in [4.78, 5) is 23.9. The molecule has 0 radical (unpaired) electrons. The smallest absolute Gasteiger partial charge is 0.223 e. The van der Waals surface area contributed by atoms with Crippen LogP contribution in [0.4, 0.5) is 4.39 Å². The predicted octanol–water partition coefficient (Wildman–Crippen LogP) is 3.23.